The molecule has 1 saturated heterocycles. The quantitative estimate of drug-likeness (QED) is 0.871. The number of rotatable bonds is 2. The lowest BCUT2D eigenvalue weighted by Crippen LogP contribution is -2.45. The van der Waals surface area contributed by atoms with E-state index in [1.807, 2.05) is 12.1 Å². The van der Waals surface area contributed by atoms with Gasteiger partial charge < -0.3 is 11.1 Å². The van der Waals surface area contributed by atoms with Crippen LogP contribution in [0, 0.1) is 0 Å². The van der Waals surface area contributed by atoms with Crippen molar-refractivity contribution in [2.45, 2.75) is 18.5 Å². The van der Waals surface area contributed by atoms with Gasteiger partial charge in [0, 0.05) is 49.8 Å². The maximum Gasteiger partial charge on any atom is 0.0493 e. The van der Waals surface area contributed by atoms with Crippen LogP contribution in [-0.2, 0) is 0 Å². The van der Waals surface area contributed by atoms with Crippen molar-refractivity contribution in [1.82, 2.24) is 15.1 Å². The third-order valence-electron chi connectivity index (χ3n) is 4.81. The molecule has 3 rings (SSSR count). The van der Waals surface area contributed by atoms with Gasteiger partial charge in [-0.15, -0.1) is 0 Å². The summed E-state index contributed by atoms with van der Waals surface area (Å²) < 4.78 is 0. The van der Waals surface area contributed by atoms with Crippen LogP contribution >= 0.6 is 11.6 Å². The molecular weight excluding hydrogens is 284 g/mol. The molecule has 2 atom stereocenters. The molecule has 21 heavy (non-hydrogen) atoms. The average molecular weight is 309 g/mol. The number of nitrogens with two attached hydrogens (primary N) is 1. The van der Waals surface area contributed by atoms with Crippen molar-refractivity contribution in [3.63, 3.8) is 0 Å². The zero-order valence-corrected chi connectivity index (χ0v) is 13.4. The van der Waals surface area contributed by atoms with Crippen LogP contribution in [0.2, 0.25) is 5.02 Å². The molecule has 0 saturated carbocycles. The van der Waals surface area contributed by atoms with Gasteiger partial charge in [0.2, 0.25) is 0 Å². The fraction of sp³-hybridized carbons (Fsp3) is 0.625. The Kier molecular flexibility index (Phi) is 4.82. The minimum Gasteiger partial charge on any atom is -0.329 e. The molecular formula is C16H25ClN4. The molecule has 1 aromatic carbocycles. The number of halogens is 1. The first-order valence-electron chi connectivity index (χ1n) is 7.85. The Morgan fingerprint density at radius 3 is 3.00 bits per heavy atom. The summed E-state index contributed by atoms with van der Waals surface area (Å²) in [4.78, 5) is 4.95. The molecule has 5 heteroatoms. The second-order valence-corrected chi connectivity index (χ2v) is 6.50. The second-order valence-electron chi connectivity index (χ2n) is 6.09. The van der Waals surface area contributed by atoms with Gasteiger partial charge >= 0.3 is 0 Å². The van der Waals surface area contributed by atoms with E-state index in [0.29, 0.717) is 12.6 Å². The Balaban J connectivity index is 1.98. The molecule has 116 valence electrons. The molecule has 2 aliphatic heterocycles. The number of nitrogens with zero attached hydrogens (tertiary/aromatic N) is 2. The van der Waals surface area contributed by atoms with Gasteiger partial charge in [0.15, 0.2) is 0 Å². The first kappa shape index (κ1) is 15.3. The van der Waals surface area contributed by atoms with Gasteiger partial charge in [-0.1, -0.05) is 23.7 Å². The van der Waals surface area contributed by atoms with Gasteiger partial charge in [-0.2, -0.15) is 0 Å². The summed E-state index contributed by atoms with van der Waals surface area (Å²) in [6.45, 7) is 6.01. The molecule has 1 fully saturated rings. The van der Waals surface area contributed by atoms with Crippen molar-refractivity contribution < 1.29 is 0 Å². The Morgan fingerprint density at radius 2 is 2.19 bits per heavy atom. The second kappa shape index (κ2) is 6.63. The summed E-state index contributed by atoms with van der Waals surface area (Å²) in [5, 5.41) is 4.37. The van der Waals surface area contributed by atoms with E-state index in [9.17, 15) is 0 Å². The number of hydrogen-bond donors (Lipinski definition) is 2. The van der Waals surface area contributed by atoms with Crippen LogP contribution in [0.4, 0.5) is 0 Å². The van der Waals surface area contributed by atoms with Crippen molar-refractivity contribution in [3.05, 3.63) is 34.3 Å². The Bertz CT molecular complexity index is 485. The number of likely N-dealkylation sites (N-methyl/N-ethyl adjacent to an activating group) is 1. The number of hydrogen-bond acceptors (Lipinski definition) is 4. The molecule has 0 spiro atoms. The van der Waals surface area contributed by atoms with Gasteiger partial charge in [-0.05, 0) is 37.2 Å². The van der Waals surface area contributed by atoms with Crippen LogP contribution in [0.5, 0.6) is 0 Å². The lowest BCUT2D eigenvalue weighted by Gasteiger charge is -2.43. The fourth-order valence-electron chi connectivity index (χ4n) is 3.71. The van der Waals surface area contributed by atoms with Crippen molar-refractivity contribution in [2.24, 2.45) is 5.73 Å². The Morgan fingerprint density at radius 1 is 1.33 bits per heavy atom. The average Bonchev–Trinajstić information content (AvgIpc) is 2.75. The van der Waals surface area contributed by atoms with E-state index in [1.165, 1.54) is 17.5 Å². The molecule has 2 aliphatic rings. The minimum absolute atomic E-state index is 0.278. The SMILES string of the molecule is CN1CC(N2CCCNCC2)c2c(Cl)cccc2C1CN. The smallest absolute Gasteiger partial charge is 0.0493 e. The monoisotopic (exact) mass is 308 g/mol. The molecule has 3 N–H and O–H groups in total. The van der Waals surface area contributed by atoms with Crippen LogP contribution in [0.15, 0.2) is 18.2 Å². The van der Waals surface area contributed by atoms with Gasteiger partial charge in [-0.3, -0.25) is 9.80 Å². The zero-order chi connectivity index (χ0) is 14.8. The third-order valence-corrected chi connectivity index (χ3v) is 5.14. The Labute approximate surface area is 132 Å². The predicted molar refractivity (Wildman–Crippen MR) is 87.7 cm³/mol. The molecule has 2 unspecified atom stereocenters. The normalized spacial score (nSPS) is 28.1. The number of fused-ring (bicyclic) bond motifs is 1. The predicted octanol–water partition coefficient (Wildman–Crippen LogP) is 1.62. The van der Waals surface area contributed by atoms with Crippen LogP contribution < -0.4 is 11.1 Å². The highest BCUT2D eigenvalue weighted by Crippen LogP contribution is 2.40. The maximum absolute atomic E-state index is 6.57. The topological polar surface area (TPSA) is 44.5 Å². The largest absolute Gasteiger partial charge is 0.329 e. The van der Waals surface area contributed by atoms with Crippen LogP contribution in [0.1, 0.15) is 29.6 Å². The summed E-state index contributed by atoms with van der Waals surface area (Å²) in [6, 6.07) is 6.91. The van der Waals surface area contributed by atoms with Gasteiger partial charge in [-0.25, -0.2) is 0 Å². The van der Waals surface area contributed by atoms with E-state index in [-0.39, 0.29) is 6.04 Å². The summed E-state index contributed by atoms with van der Waals surface area (Å²) >= 11 is 6.57. The molecule has 0 aliphatic carbocycles. The molecule has 0 bridgehead atoms. The molecule has 0 amide bonds. The van der Waals surface area contributed by atoms with E-state index < -0.39 is 0 Å². The lowest BCUT2D eigenvalue weighted by molar-refractivity contribution is 0.116. The van der Waals surface area contributed by atoms with Crippen molar-refractivity contribution in [2.75, 3.05) is 46.3 Å². The number of benzene rings is 1. The van der Waals surface area contributed by atoms with Crippen LogP contribution in [0.3, 0.4) is 0 Å². The van der Waals surface area contributed by atoms with Crippen molar-refractivity contribution in [3.8, 4) is 0 Å². The maximum atomic E-state index is 6.57. The molecule has 0 aromatic heterocycles. The van der Waals surface area contributed by atoms with Gasteiger partial charge in [0.05, 0.1) is 0 Å². The minimum atomic E-state index is 0.278. The first-order chi connectivity index (χ1) is 10.2. The van der Waals surface area contributed by atoms with Crippen molar-refractivity contribution in [1.29, 1.82) is 0 Å². The highest BCUT2D eigenvalue weighted by molar-refractivity contribution is 6.31. The molecule has 4 nitrogen and oxygen atoms in total. The van der Waals surface area contributed by atoms with Crippen molar-refractivity contribution >= 4 is 11.6 Å². The fourth-order valence-corrected chi connectivity index (χ4v) is 4.02. The summed E-state index contributed by atoms with van der Waals surface area (Å²) in [5.41, 5.74) is 8.61. The van der Waals surface area contributed by atoms with E-state index in [2.05, 4.69) is 28.2 Å². The van der Waals surface area contributed by atoms with E-state index >= 15 is 0 Å². The molecule has 2 heterocycles. The standard InChI is InChI=1S/C16H25ClN4/c1-20-11-15(21-8-3-6-19-7-9-21)16-12(14(20)10-18)4-2-5-13(16)17/h2,4-5,14-15,19H,3,6-11,18H2,1H3. The van der Waals surface area contributed by atoms with E-state index in [4.69, 9.17) is 17.3 Å². The van der Waals surface area contributed by atoms with Gasteiger partial charge in [0.25, 0.3) is 0 Å². The molecule has 1 aromatic rings. The van der Waals surface area contributed by atoms with Crippen LogP contribution in [0.25, 0.3) is 0 Å². The third kappa shape index (κ3) is 2.96. The first-order valence-corrected chi connectivity index (χ1v) is 8.23. The highest BCUT2D eigenvalue weighted by Gasteiger charge is 2.35. The summed E-state index contributed by atoms with van der Waals surface area (Å²) in [5.74, 6) is 0. The Hall–Kier alpha value is -0.650. The summed E-state index contributed by atoms with van der Waals surface area (Å²) in [7, 11) is 2.17. The van der Waals surface area contributed by atoms with Gasteiger partial charge in [0.1, 0.15) is 0 Å². The lowest BCUT2D eigenvalue weighted by atomic mass is 9.88. The van der Waals surface area contributed by atoms with Crippen LogP contribution in [-0.4, -0.2) is 56.1 Å². The zero-order valence-electron chi connectivity index (χ0n) is 12.7. The number of nitrogens with one attached hydrogen (secondary N) is 1. The van der Waals surface area contributed by atoms with E-state index in [0.717, 1.165) is 37.7 Å². The summed E-state index contributed by atoms with van der Waals surface area (Å²) in [6.07, 6.45) is 1.19. The van der Waals surface area contributed by atoms with E-state index in [1.54, 1.807) is 0 Å². The highest BCUT2D eigenvalue weighted by atomic mass is 35.5. The molecule has 0 radical (unpaired) electrons.